The molecule has 0 aromatic heterocycles. The molecule has 1 nitrogen and oxygen atoms in total. The average Bonchev–Trinajstić information content (AvgIpc) is 2.59. The first-order chi connectivity index (χ1) is 12.1. The van der Waals surface area contributed by atoms with Crippen LogP contribution in [0.3, 0.4) is 0 Å². The Morgan fingerprint density at radius 3 is 1.88 bits per heavy atom. The van der Waals surface area contributed by atoms with Crippen LogP contribution in [-0.2, 0) is 12.8 Å². The molecule has 144 valence electrons. The third-order valence-electron chi connectivity index (χ3n) is 5.47. The fourth-order valence-corrected chi connectivity index (χ4v) is 3.82. The molecule has 0 aliphatic heterocycles. The Kier molecular flexibility index (Phi) is 11.7. The van der Waals surface area contributed by atoms with Crippen molar-refractivity contribution in [1.82, 2.24) is 0 Å². The molecule has 0 heterocycles. The van der Waals surface area contributed by atoms with Crippen molar-refractivity contribution >= 4 is 0 Å². The predicted molar refractivity (Wildman–Crippen MR) is 111 cm³/mol. The highest BCUT2D eigenvalue weighted by atomic mass is 16.3. The van der Waals surface area contributed by atoms with Gasteiger partial charge in [-0.15, -0.1) is 0 Å². The van der Waals surface area contributed by atoms with Crippen LogP contribution in [0.2, 0.25) is 0 Å². The molecule has 0 saturated heterocycles. The molecule has 0 spiro atoms. The van der Waals surface area contributed by atoms with Gasteiger partial charge in [0.25, 0.3) is 0 Å². The van der Waals surface area contributed by atoms with Crippen LogP contribution in [0.5, 0.6) is 5.75 Å². The van der Waals surface area contributed by atoms with E-state index in [1.807, 2.05) is 12.1 Å². The maximum absolute atomic E-state index is 10.4. The first-order valence-electron chi connectivity index (χ1n) is 10.9. The lowest BCUT2D eigenvalue weighted by molar-refractivity contribution is 0.439. The number of phenols is 1. The summed E-state index contributed by atoms with van der Waals surface area (Å²) in [6.45, 7) is 9.25. The SMILES string of the molecule is CCCCCCC(C)Cc1cccc(O)c1CC(C)CCCCCC. The summed E-state index contributed by atoms with van der Waals surface area (Å²) in [5.74, 6) is 1.87. The Hall–Kier alpha value is -0.980. The van der Waals surface area contributed by atoms with Crippen LogP contribution in [0.15, 0.2) is 18.2 Å². The number of hydrogen-bond donors (Lipinski definition) is 1. The lowest BCUT2D eigenvalue weighted by Gasteiger charge is -2.19. The summed E-state index contributed by atoms with van der Waals surface area (Å²) in [6.07, 6.45) is 15.4. The number of phenolic OH excluding ortho intramolecular Hbond substituents is 1. The highest BCUT2D eigenvalue weighted by molar-refractivity contribution is 5.39. The van der Waals surface area contributed by atoms with Crippen molar-refractivity contribution in [1.29, 1.82) is 0 Å². The van der Waals surface area contributed by atoms with E-state index in [4.69, 9.17) is 0 Å². The largest absolute Gasteiger partial charge is 0.508 e. The van der Waals surface area contributed by atoms with E-state index in [1.54, 1.807) is 0 Å². The van der Waals surface area contributed by atoms with Crippen molar-refractivity contribution in [2.45, 2.75) is 105 Å². The van der Waals surface area contributed by atoms with Crippen molar-refractivity contribution in [3.8, 4) is 5.75 Å². The molecule has 0 aliphatic carbocycles. The minimum Gasteiger partial charge on any atom is -0.508 e. The topological polar surface area (TPSA) is 20.2 Å². The zero-order valence-corrected chi connectivity index (χ0v) is 17.3. The maximum atomic E-state index is 10.4. The first kappa shape index (κ1) is 22.1. The number of benzene rings is 1. The van der Waals surface area contributed by atoms with Crippen molar-refractivity contribution in [3.63, 3.8) is 0 Å². The second-order valence-corrected chi connectivity index (χ2v) is 8.23. The van der Waals surface area contributed by atoms with Crippen LogP contribution in [0.1, 0.15) is 103 Å². The first-order valence-corrected chi connectivity index (χ1v) is 10.9. The van der Waals surface area contributed by atoms with Gasteiger partial charge in [-0.05, 0) is 41.9 Å². The highest BCUT2D eigenvalue weighted by Crippen LogP contribution is 2.29. The van der Waals surface area contributed by atoms with Gasteiger partial charge < -0.3 is 5.11 Å². The molecule has 25 heavy (non-hydrogen) atoms. The van der Waals surface area contributed by atoms with Gasteiger partial charge in [-0.25, -0.2) is 0 Å². The minimum absolute atomic E-state index is 0.510. The molecule has 2 unspecified atom stereocenters. The van der Waals surface area contributed by atoms with Gasteiger partial charge >= 0.3 is 0 Å². The van der Waals surface area contributed by atoms with Crippen LogP contribution in [-0.4, -0.2) is 5.11 Å². The average molecular weight is 347 g/mol. The summed E-state index contributed by atoms with van der Waals surface area (Å²) in [5, 5.41) is 10.4. The van der Waals surface area contributed by atoms with Gasteiger partial charge in [0, 0.05) is 0 Å². The van der Waals surface area contributed by atoms with Crippen LogP contribution in [0.25, 0.3) is 0 Å². The summed E-state index contributed by atoms with van der Waals surface area (Å²) < 4.78 is 0. The van der Waals surface area contributed by atoms with Crippen LogP contribution < -0.4 is 0 Å². The van der Waals surface area contributed by atoms with Crippen LogP contribution in [0, 0.1) is 11.8 Å². The summed E-state index contributed by atoms with van der Waals surface area (Å²) in [5.41, 5.74) is 2.59. The Balaban J connectivity index is 2.55. The molecule has 1 aromatic carbocycles. The van der Waals surface area contributed by atoms with Gasteiger partial charge in [0.05, 0.1) is 0 Å². The van der Waals surface area contributed by atoms with Gasteiger partial charge in [-0.1, -0.05) is 104 Å². The van der Waals surface area contributed by atoms with Gasteiger partial charge in [0.1, 0.15) is 5.75 Å². The summed E-state index contributed by atoms with van der Waals surface area (Å²) in [4.78, 5) is 0. The van der Waals surface area contributed by atoms with Gasteiger partial charge in [0.15, 0.2) is 0 Å². The van der Waals surface area contributed by atoms with Gasteiger partial charge in [0.2, 0.25) is 0 Å². The van der Waals surface area contributed by atoms with E-state index < -0.39 is 0 Å². The van der Waals surface area contributed by atoms with Gasteiger partial charge in [-0.2, -0.15) is 0 Å². The van der Waals surface area contributed by atoms with E-state index in [0.29, 0.717) is 17.6 Å². The molecule has 0 saturated carbocycles. The monoisotopic (exact) mass is 346 g/mol. The van der Waals surface area contributed by atoms with E-state index >= 15 is 0 Å². The number of aromatic hydroxyl groups is 1. The second kappa shape index (κ2) is 13.3. The third kappa shape index (κ3) is 9.33. The normalized spacial score (nSPS) is 13.8. The van der Waals surface area contributed by atoms with E-state index in [-0.39, 0.29) is 0 Å². The molecular weight excluding hydrogens is 304 g/mol. The highest BCUT2D eigenvalue weighted by Gasteiger charge is 2.14. The van der Waals surface area contributed by atoms with E-state index in [1.165, 1.54) is 75.3 Å². The summed E-state index contributed by atoms with van der Waals surface area (Å²) >= 11 is 0. The van der Waals surface area contributed by atoms with Crippen molar-refractivity contribution in [3.05, 3.63) is 29.3 Å². The molecule has 1 aromatic rings. The van der Waals surface area contributed by atoms with Crippen molar-refractivity contribution in [2.75, 3.05) is 0 Å². The van der Waals surface area contributed by atoms with Gasteiger partial charge in [-0.3, -0.25) is 0 Å². The standard InChI is InChI=1S/C24H42O/c1-5-7-9-11-14-20(3)18-22-16-13-17-24(25)23(22)19-21(4)15-12-10-8-6-2/h13,16-17,20-21,25H,5-12,14-15,18-19H2,1-4H3. The predicted octanol–water partition coefficient (Wildman–Crippen LogP) is 7.69. The smallest absolute Gasteiger partial charge is 0.119 e. The molecule has 1 heteroatoms. The third-order valence-corrected chi connectivity index (χ3v) is 5.47. The zero-order valence-electron chi connectivity index (χ0n) is 17.3. The molecule has 0 bridgehead atoms. The quantitative estimate of drug-likeness (QED) is 0.342. The lowest BCUT2D eigenvalue weighted by Crippen LogP contribution is -2.07. The number of hydrogen-bond acceptors (Lipinski definition) is 1. The molecule has 0 amide bonds. The number of unbranched alkanes of at least 4 members (excludes halogenated alkanes) is 6. The Morgan fingerprint density at radius 2 is 1.32 bits per heavy atom. The number of rotatable bonds is 14. The van der Waals surface area contributed by atoms with Crippen molar-refractivity contribution in [2.24, 2.45) is 11.8 Å². The fraction of sp³-hybridized carbons (Fsp3) is 0.750. The summed E-state index contributed by atoms with van der Waals surface area (Å²) in [7, 11) is 0. The Morgan fingerprint density at radius 1 is 0.760 bits per heavy atom. The molecule has 0 fully saturated rings. The maximum Gasteiger partial charge on any atom is 0.119 e. The van der Waals surface area contributed by atoms with E-state index in [2.05, 4.69) is 33.8 Å². The Labute approximate surface area is 157 Å². The summed E-state index contributed by atoms with van der Waals surface area (Å²) in [6, 6.07) is 6.12. The fourth-order valence-electron chi connectivity index (χ4n) is 3.82. The molecule has 1 rings (SSSR count). The molecule has 0 aliphatic rings. The Bertz CT molecular complexity index is 451. The molecule has 0 radical (unpaired) electrons. The lowest BCUT2D eigenvalue weighted by atomic mass is 9.87. The zero-order chi connectivity index (χ0) is 18.5. The molecular formula is C24H42O. The van der Waals surface area contributed by atoms with E-state index in [0.717, 1.165) is 12.8 Å². The minimum atomic E-state index is 0.510. The van der Waals surface area contributed by atoms with Crippen LogP contribution in [0.4, 0.5) is 0 Å². The molecule has 1 N–H and O–H groups in total. The second-order valence-electron chi connectivity index (χ2n) is 8.23. The van der Waals surface area contributed by atoms with Crippen LogP contribution >= 0.6 is 0 Å². The van der Waals surface area contributed by atoms with Crippen molar-refractivity contribution < 1.29 is 5.11 Å². The van der Waals surface area contributed by atoms with E-state index in [9.17, 15) is 5.11 Å². The molecule has 2 atom stereocenters.